The number of carbonyl (C=O) groups excluding carboxylic acids is 3. The number of hydrogen-bond acceptors (Lipinski definition) is 9. The van der Waals surface area contributed by atoms with Gasteiger partial charge in [-0.05, 0) is 107 Å². The molecule has 1 unspecified atom stereocenters. The second-order valence-corrected chi connectivity index (χ2v) is 13.8. The minimum atomic E-state index is -2.56. The highest BCUT2D eigenvalue weighted by atomic mass is 16.3. The van der Waals surface area contributed by atoms with Crippen molar-refractivity contribution in [3.8, 4) is 5.75 Å². The lowest BCUT2D eigenvalue weighted by Crippen LogP contribution is -2.65. The monoisotopic (exact) mass is 578 g/mol. The number of anilines is 1. The summed E-state index contributed by atoms with van der Waals surface area (Å²) in [7, 11) is 7.07. The van der Waals surface area contributed by atoms with E-state index in [9.17, 15) is 34.8 Å². The van der Waals surface area contributed by atoms with Gasteiger partial charge in [0.2, 0.25) is 5.78 Å². The number of rotatable bonds is 6. The molecule has 226 valence electrons. The van der Waals surface area contributed by atoms with Crippen molar-refractivity contribution in [3.63, 3.8) is 0 Å². The van der Waals surface area contributed by atoms with Crippen LogP contribution in [0.15, 0.2) is 23.0 Å². The van der Waals surface area contributed by atoms with E-state index in [-0.39, 0.29) is 23.3 Å². The van der Waals surface area contributed by atoms with E-state index in [1.165, 1.54) is 32.1 Å². The minimum absolute atomic E-state index is 0.0574. The van der Waals surface area contributed by atoms with Gasteiger partial charge < -0.3 is 25.3 Å². The quantitative estimate of drug-likeness (QED) is 0.373. The molecule has 4 N–H and O–H groups in total. The summed E-state index contributed by atoms with van der Waals surface area (Å²) in [5.74, 6) is -4.69. The number of likely N-dealkylation sites (N-methyl/N-ethyl adjacent to an activating group) is 1. The number of aromatic hydroxyl groups is 1. The fraction of sp³-hybridized carbons (Fsp3) is 0.606. The lowest BCUT2D eigenvalue weighted by atomic mass is 9.57. The number of Topliss-reactive ketones (excluding diaryl/α,β-unsaturated/α-hetero) is 3. The van der Waals surface area contributed by atoms with Gasteiger partial charge in [-0.2, -0.15) is 0 Å². The third kappa shape index (κ3) is 3.92. The third-order valence-electron chi connectivity index (χ3n) is 11.1. The third-order valence-corrected chi connectivity index (χ3v) is 11.1. The zero-order valence-electron chi connectivity index (χ0n) is 25.2. The van der Waals surface area contributed by atoms with Crippen LogP contribution in [-0.4, -0.2) is 82.5 Å². The first-order valence-electron chi connectivity index (χ1n) is 15.2. The lowest BCUT2D eigenvalue weighted by Gasteiger charge is -2.50. The lowest BCUT2D eigenvalue weighted by molar-refractivity contribution is -0.153. The van der Waals surface area contributed by atoms with Gasteiger partial charge in [0.25, 0.3) is 0 Å². The molecule has 9 nitrogen and oxygen atoms in total. The van der Waals surface area contributed by atoms with E-state index < -0.39 is 57.9 Å². The zero-order chi connectivity index (χ0) is 30.5. The Morgan fingerprint density at radius 2 is 1.76 bits per heavy atom. The highest BCUT2D eigenvalue weighted by Gasteiger charge is 2.64. The molecule has 6 rings (SSSR count). The molecule has 5 atom stereocenters. The molecule has 42 heavy (non-hydrogen) atoms. The number of hydrogen-bond donors (Lipinski definition) is 4. The smallest absolute Gasteiger partial charge is 0.202 e. The first kappa shape index (κ1) is 28.9. The van der Waals surface area contributed by atoms with Crippen LogP contribution in [0.25, 0.3) is 5.76 Å². The van der Waals surface area contributed by atoms with Gasteiger partial charge in [0.1, 0.15) is 22.8 Å². The summed E-state index contributed by atoms with van der Waals surface area (Å²) in [6.07, 6.45) is 8.31. The van der Waals surface area contributed by atoms with Crippen molar-refractivity contribution in [2.24, 2.45) is 23.2 Å². The van der Waals surface area contributed by atoms with Crippen molar-refractivity contribution in [2.75, 3.05) is 33.1 Å². The van der Waals surface area contributed by atoms with Crippen molar-refractivity contribution in [3.05, 3.63) is 39.7 Å². The molecule has 1 aromatic rings. The summed E-state index contributed by atoms with van der Waals surface area (Å²) in [4.78, 5) is 43.5. The number of aliphatic hydroxyl groups is 3. The van der Waals surface area contributed by atoms with Gasteiger partial charge in [0, 0.05) is 31.3 Å². The largest absolute Gasteiger partial charge is 0.508 e. The van der Waals surface area contributed by atoms with Gasteiger partial charge in [0.15, 0.2) is 17.2 Å². The highest BCUT2D eigenvalue weighted by Crippen LogP contribution is 2.62. The second-order valence-electron chi connectivity index (χ2n) is 13.8. The van der Waals surface area contributed by atoms with Gasteiger partial charge in [-0.15, -0.1) is 0 Å². The maximum absolute atomic E-state index is 14.2. The Hall–Kier alpha value is -3.17. The molecule has 0 bridgehead atoms. The van der Waals surface area contributed by atoms with E-state index in [0.717, 1.165) is 19.0 Å². The van der Waals surface area contributed by atoms with Gasteiger partial charge in [-0.1, -0.05) is 6.42 Å². The molecule has 0 heterocycles. The predicted molar refractivity (Wildman–Crippen MR) is 157 cm³/mol. The molecule has 0 radical (unpaired) electrons. The fourth-order valence-electron chi connectivity index (χ4n) is 8.85. The van der Waals surface area contributed by atoms with Crippen molar-refractivity contribution in [2.45, 2.75) is 76.4 Å². The van der Waals surface area contributed by atoms with Crippen LogP contribution in [-0.2, 0) is 27.2 Å². The maximum Gasteiger partial charge on any atom is 0.202 e. The fourth-order valence-corrected chi connectivity index (χ4v) is 8.85. The predicted octanol–water partition coefficient (Wildman–Crippen LogP) is 3.65. The summed E-state index contributed by atoms with van der Waals surface area (Å²) < 4.78 is 0. The van der Waals surface area contributed by atoms with Crippen LogP contribution >= 0.6 is 0 Å². The number of phenols is 1. The number of fused-ring (bicyclic) bond motifs is 3. The second kappa shape index (κ2) is 9.67. The van der Waals surface area contributed by atoms with E-state index in [1.54, 1.807) is 19.0 Å². The number of phenolic OH excluding ortho intramolecular Hbond substituents is 1. The summed E-state index contributed by atoms with van der Waals surface area (Å²) in [6.45, 7) is 1.11. The normalized spacial score (nSPS) is 31.4. The van der Waals surface area contributed by atoms with E-state index >= 15 is 0 Å². The number of carbonyl (C=O) groups is 3. The van der Waals surface area contributed by atoms with Crippen LogP contribution in [0.4, 0.5) is 5.69 Å². The van der Waals surface area contributed by atoms with Gasteiger partial charge in [-0.3, -0.25) is 19.3 Å². The molecular formula is C33H42N2O7. The molecule has 0 aliphatic heterocycles. The summed E-state index contributed by atoms with van der Waals surface area (Å²) in [5, 5.41) is 46.4. The Morgan fingerprint density at radius 1 is 1.07 bits per heavy atom. The Kier molecular flexibility index (Phi) is 6.66. The standard InChI is InChI=1S/C33H42N2O7/c1-16(36)23-29(39)26(35(4)5)21-14-18-13-20-22(34(2)3)15-17(8-9-19-7-6-10-32(19)11-12-32)27(37)25(20)28(38)24(18)31(41)33(21,42)30(23)40/h15,18-19,21,26,37-38,40,42H,6-14H2,1-5H3/t18-,19?,21-,26-,33+/m0/s1. The van der Waals surface area contributed by atoms with E-state index in [2.05, 4.69) is 0 Å². The number of nitrogens with zero attached hydrogens (tertiary/aromatic N) is 2. The molecule has 0 aromatic heterocycles. The first-order chi connectivity index (χ1) is 19.7. The minimum Gasteiger partial charge on any atom is -0.508 e. The molecule has 0 saturated heterocycles. The topological polar surface area (TPSA) is 139 Å². The average Bonchev–Trinajstić information content (AvgIpc) is 3.57. The number of benzene rings is 1. The van der Waals surface area contributed by atoms with Crippen LogP contribution in [0.5, 0.6) is 5.75 Å². The Morgan fingerprint density at radius 3 is 2.36 bits per heavy atom. The Balaban J connectivity index is 1.46. The molecule has 9 heteroatoms. The van der Waals surface area contributed by atoms with Gasteiger partial charge in [-0.25, -0.2) is 0 Å². The zero-order valence-corrected chi connectivity index (χ0v) is 25.2. The number of aryl methyl sites for hydroxylation is 1. The summed E-state index contributed by atoms with van der Waals surface area (Å²) in [5.41, 5.74) is -0.290. The molecule has 1 aromatic carbocycles. The van der Waals surface area contributed by atoms with Crippen molar-refractivity contribution < 1.29 is 34.8 Å². The molecule has 5 aliphatic rings. The summed E-state index contributed by atoms with van der Waals surface area (Å²) >= 11 is 0. The first-order valence-corrected chi connectivity index (χ1v) is 15.2. The van der Waals surface area contributed by atoms with Gasteiger partial charge in [0.05, 0.1) is 11.6 Å². The van der Waals surface area contributed by atoms with Crippen molar-refractivity contribution in [1.82, 2.24) is 4.90 Å². The van der Waals surface area contributed by atoms with E-state index in [1.807, 2.05) is 25.1 Å². The van der Waals surface area contributed by atoms with Crippen LogP contribution in [0, 0.1) is 23.2 Å². The van der Waals surface area contributed by atoms with Crippen molar-refractivity contribution >= 4 is 28.8 Å². The van der Waals surface area contributed by atoms with Crippen molar-refractivity contribution in [1.29, 1.82) is 0 Å². The van der Waals surface area contributed by atoms with Crippen LogP contribution < -0.4 is 4.90 Å². The Bertz CT molecular complexity index is 1470. The van der Waals surface area contributed by atoms with E-state index in [4.69, 9.17) is 0 Å². The van der Waals surface area contributed by atoms with Crippen LogP contribution in [0.1, 0.15) is 68.6 Å². The SMILES string of the molecule is CC(=O)C1=C(O)[C@@]2(O)C(=O)C3=C(O)c4c(O)c(CCC5CCCC56CC6)cc(N(C)C)c4C[C@H]3C[C@H]2[C@H](N(C)C)C1=O. The van der Waals surface area contributed by atoms with Crippen LogP contribution in [0.3, 0.4) is 0 Å². The number of ketones is 3. The maximum atomic E-state index is 14.2. The Labute approximate surface area is 246 Å². The molecule has 1 spiro atoms. The molecule has 5 aliphatic carbocycles. The average molecular weight is 579 g/mol. The molecular weight excluding hydrogens is 536 g/mol. The highest BCUT2D eigenvalue weighted by molar-refractivity contribution is 6.25. The van der Waals surface area contributed by atoms with E-state index in [0.29, 0.717) is 35.3 Å². The summed E-state index contributed by atoms with van der Waals surface area (Å²) in [6, 6.07) is 0.968. The molecule has 3 fully saturated rings. The molecule has 0 amide bonds. The number of aliphatic hydroxyl groups excluding tert-OH is 2. The van der Waals surface area contributed by atoms with Gasteiger partial charge >= 0.3 is 0 Å². The molecule has 3 saturated carbocycles. The van der Waals surface area contributed by atoms with Crippen LogP contribution in [0.2, 0.25) is 0 Å².